The molecule has 2 amide bonds. The first-order valence-corrected chi connectivity index (χ1v) is 13.6. The molecule has 3 aromatic rings. The van der Waals surface area contributed by atoms with Crippen LogP contribution in [0.25, 0.3) is 11.1 Å². The smallest absolute Gasteiger partial charge is 0.429 e. The van der Waals surface area contributed by atoms with E-state index in [-0.39, 0.29) is 25.7 Å². The van der Waals surface area contributed by atoms with E-state index in [2.05, 4.69) is 17.1 Å². The first kappa shape index (κ1) is 29.1. The molecule has 0 atom stereocenters. The summed E-state index contributed by atoms with van der Waals surface area (Å²) in [5.41, 5.74) is 4.02. The summed E-state index contributed by atoms with van der Waals surface area (Å²) in [6.07, 6.45) is 3.50. The number of methoxy groups -OCH3 is 1. The molecule has 1 aliphatic rings. The summed E-state index contributed by atoms with van der Waals surface area (Å²) in [7, 11) is 1.51. The Hall–Kier alpha value is -3.92. The molecule has 9 heteroatoms. The fourth-order valence-corrected chi connectivity index (χ4v) is 4.63. The average molecular weight is 546 g/mol. The number of para-hydroxylation sites is 1. The number of hydrazine groups is 1. The van der Waals surface area contributed by atoms with Gasteiger partial charge in [0.25, 0.3) is 5.91 Å². The van der Waals surface area contributed by atoms with Gasteiger partial charge in [0.1, 0.15) is 12.4 Å². The summed E-state index contributed by atoms with van der Waals surface area (Å²) < 4.78 is 11.1. The zero-order valence-corrected chi connectivity index (χ0v) is 22.8. The lowest BCUT2D eigenvalue weighted by atomic mass is 10.0. The Kier molecular flexibility index (Phi) is 10.9. The van der Waals surface area contributed by atoms with Gasteiger partial charge in [-0.1, -0.05) is 54.6 Å². The number of aliphatic hydroxyl groups is 1. The van der Waals surface area contributed by atoms with E-state index in [0.29, 0.717) is 37.5 Å². The molecule has 0 bridgehead atoms. The second-order valence-electron chi connectivity index (χ2n) is 9.32. The Morgan fingerprint density at radius 1 is 0.975 bits per heavy atom. The number of rotatable bonds is 12. The predicted molar refractivity (Wildman–Crippen MR) is 155 cm³/mol. The number of aliphatic hydroxyl groups excluding tert-OH is 1. The third kappa shape index (κ3) is 7.59. The Balaban J connectivity index is 1.41. The highest BCUT2D eigenvalue weighted by atomic mass is 16.6. The van der Waals surface area contributed by atoms with Crippen molar-refractivity contribution in [2.24, 2.45) is 0 Å². The van der Waals surface area contributed by atoms with Crippen molar-refractivity contribution in [2.75, 3.05) is 51.5 Å². The van der Waals surface area contributed by atoms with E-state index in [0.717, 1.165) is 35.2 Å². The number of nitrogens with zero attached hydrogens (tertiary/aromatic N) is 2. The summed E-state index contributed by atoms with van der Waals surface area (Å²) in [5.74, 6) is 0.129. The van der Waals surface area contributed by atoms with Crippen molar-refractivity contribution in [2.45, 2.75) is 19.4 Å². The summed E-state index contributed by atoms with van der Waals surface area (Å²) >= 11 is 0. The minimum atomic E-state index is -0.489. The molecular weight excluding hydrogens is 508 g/mol. The van der Waals surface area contributed by atoms with Crippen LogP contribution < -0.4 is 20.4 Å². The van der Waals surface area contributed by atoms with Crippen molar-refractivity contribution in [1.29, 1.82) is 0 Å². The number of piperidine rings is 1. The Labute approximate surface area is 235 Å². The molecule has 211 valence electrons. The van der Waals surface area contributed by atoms with E-state index < -0.39 is 6.09 Å². The molecule has 1 fully saturated rings. The molecule has 40 heavy (non-hydrogen) atoms. The lowest BCUT2D eigenvalue weighted by Gasteiger charge is -2.37. The number of benzene rings is 3. The Morgan fingerprint density at radius 2 is 1.73 bits per heavy atom. The normalized spacial score (nSPS) is 13.4. The molecular formula is C31H37N4O5. The van der Waals surface area contributed by atoms with Gasteiger partial charge in [0, 0.05) is 31.7 Å². The molecule has 1 radical (unpaired) electrons. The quantitative estimate of drug-likeness (QED) is 0.295. The van der Waals surface area contributed by atoms with Gasteiger partial charge >= 0.3 is 6.09 Å². The summed E-state index contributed by atoms with van der Waals surface area (Å²) in [5, 5.41) is 18.5. The number of carbonyl (C=O) groups excluding carboxylic acids is 2. The summed E-state index contributed by atoms with van der Waals surface area (Å²) in [6.45, 7) is 2.66. The van der Waals surface area contributed by atoms with Crippen LogP contribution in [-0.2, 0) is 11.3 Å². The molecule has 9 nitrogen and oxygen atoms in total. The number of amides is 2. The maximum absolute atomic E-state index is 13.5. The first-order valence-electron chi connectivity index (χ1n) is 13.6. The van der Waals surface area contributed by atoms with Crippen LogP contribution in [0.4, 0.5) is 10.5 Å². The number of hydrogen-bond donors (Lipinski definition) is 3. The summed E-state index contributed by atoms with van der Waals surface area (Å²) in [4.78, 5) is 26.3. The van der Waals surface area contributed by atoms with E-state index in [1.165, 1.54) is 7.11 Å². The van der Waals surface area contributed by atoms with Crippen molar-refractivity contribution in [3.8, 4) is 16.9 Å². The van der Waals surface area contributed by atoms with Crippen molar-refractivity contribution < 1.29 is 24.2 Å². The number of hydrogen-bond acceptors (Lipinski definition) is 7. The highest BCUT2D eigenvalue weighted by molar-refractivity contribution is 5.97. The Morgan fingerprint density at radius 3 is 2.48 bits per heavy atom. The molecule has 1 saturated heterocycles. The van der Waals surface area contributed by atoms with Gasteiger partial charge in [-0.3, -0.25) is 4.79 Å². The second-order valence-corrected chi connectivity index (χ2v) is 9.32. The molecule has 0 unspecified atom stereocenters. The van der Waals surface area contributed by atoms with E-state index in [9.17, 15) is 9.59 Å². The van der Waals surface area contributed by atoms with Gasteiger partial charge in [0.15, 0.2) is 0 Å². The molecule has 0 spiro atoms. The lowest BCUT2D eigenvalue weighted by Crippen LogP contribution is -2.50. The van der Waals surface area contributed by atoms with Gasteiger partial charge in [-0.05, 0) is 48.6 Å². The molecule has 1 aliphatic heterocycles. The predicted octanol–water partition coefficient (Wildman–Crippen LogP) is 4.03. The van der Waals surface area contributed by atoms with Crippen molar-refractivity contribution in [3.05, 3.63) is 90.3 Å². The molecule has 3 N–H and O–H groups in total. The average Bonchev–Trinajstić information content (AvgIpc) is 3.00. The second kappa shape index (κ2) is 15.0. The van der Waals surface area contributed by atoms with Gasteiger partial charge < -0.3 is 25.2 Å². The van der Waals surface area contributed by atoms with Crippen LogP contribution in [0.3, 0.4) is 0 Å². The standard InChI is InChI=1S/C31H37N4O5/c1-39-29-22-24(23-32-16-20-36)14-15-27(29)30(37)33-17-21-40-31(38)35(34-18-8-3-9-19-34)28-13-7-6-12-26(28)25-10-4-2-5-11-25/h2-7,10-15,22,32,36H,8-9,16-21,23H2,1H3,(H,33,37). The van der Waals surface area contributed by atoms with Crippen LogP contribution in [0.5, 0.6) is 5.75 Å². The first-order chi connectivity index (χ1) is 19.6. The lowest BCUT2D eigenvalue weighted by molar-refractivity contribution is 0.0924. The van der Waals surface area contributed by atoms with E-state index >= 15 is 0 Å². The van der Waals surface area contributed by atoms with Gasteiger partial charge in [-0.2, -0.15) is 0 Å². The number of ether oxygens (including phenoxy) is 2. The van der Waals surface area contributed by atoms with E-state index in [1.54, 1.807) is 17.1 Å². The van der Waals surface area contributed by atoms with Gasteiger partial charge in [0.05, 0.1) is 31.5 Å². The molecule has 3 aromatic carbocycles. The minimum absolute atomic E-state index is 0.0139. The zero-order chi connectivity index (χ0) is 28.2. The van der Waals surface area contributed by atoms with Crippen LogP contribution >= 0.6 is 0 Å². The highest BCUT2D eigenvalue weighted by Crippen LogP contribution is 2.33. The van der Waals surface area contributed by atoms with Crippen LogP contribution in [0.15, 0.2) is 72.8 Å². The third-order valence-corrected chi connectivity index (χ3v) is 6.60. The van der Waals surface area contributed by atoms with Gasteiger partial charge in [-0.15, -0.1) is 0 Å². The van der Waals surface area contributed by atoms with Crippen molar-refractivity contribution in [3.63, 3.8) is 0 Å². The van der Waals surface area contributed by atoms with Crippen LogP contribution in [-0.4, -0.2) is 68.6 Å². The number of anilines is 1. The topological polar surface area (TPSA) is 103 Å². The maximum atomic E-state index is 13.5. The third-order valence-electron chi connectivity index (χ3n) is 6.60. The largest absolute Gasteiger partial charge is 0.496 e. The maximum Gasteiger partial charge on any atom is 0.429 e. The van der Waals surface area contributed by atoms with Crippen molar-refractivity contribution >= 4 is 17.7 Å². The fraction of sp³-hybridized carbons (Fsp3) is 0.323. The monoisotopic (exact) mass is 545 g/mol. The minimum Gasteiger partial charge on any atom is -0.496 e. The number of nitrogens with one attached hydrogen (secondary N) is 2. The zero-order valence-electron chi connectivity index (χ0n) is 22.8. The SMILES string of the molecule is COc1cc(CNCCO)ccc1C(=O)NCCOC(=O)N(c1ccccc1-c1ccccc1)N1CC[CH]CC1. The van der Waals surface area contributed by atoms with Crippen LogP contribution in [0.2, 0.25) is 0 Å². The molecule has 1 heterocycles. The molecule has 0 aliphatic carbocycles. The van der Waals surface area contributed by atoms with E-state index in [1.807, 2.05) is 65.7 Å². The molecule has 4 rings (SSSR count). The van der Waals surface area contributed by atoms with Gasteiger partial charge in [-0.25, -0.2) is 14.8 Å². The fourth-order valence-electron chi connectivity index (χ4n) is 4.63. The number of carbonyl (C=O) groups is 2. The summed E-state index contributed by atoms with van der Waals surface area (Å²) in [6, 6.07) is 23.1. The molecule has 0 saturated carbocycles. The van der Waals surface area contributed by atoms with E-state index in [4.69, 9.17) is 14.6 Å². The van der Waals surface area contributed by atoms with Crippen molar-refractivity contribution in [1.82, 2.24) is 15.6 Å². The molecule has 0 aromatic heterocycles. The Bertz CT molecular complexity index is 1250. The van der Waals surface area contributed by atoms with Crippen LogP contribution in [0, 0.1) is 6.42 Å². The van der Waals surface area contributed by atoms with Gasteiger partial charge in [0.2, 0.25) is 0 Å². The van der Waals surface area contributed by atoms with Crippen LogP contribution in [0.1, 0.15) is 28.8 Å². The highest BCUT2D eigenvalue weighted by Gasteiger charge is 2.28.